The van der Waals surface area contributed by atoms with Gasteiger partial charge in [-0.1, -0.05) is 42.5 Å². The summed E-state index contributed by atoms with van der Waals surface area (Å²) in [6.07, 6.45) is -0.0221. The number of thiocarbonyl (C=S) groups is 1. The van der Waals surface area contributed by atoms with Crippen LogP contribution >= 0.6 is 12.2 Å². The number of hydrogen-bond acceptors (Lipinski definition) is 5. The molecule has 0 bridgehead atoms. The highest BCUT2D eigenvalue weighted by Gasteiger charge is 2.10. The number of carboxylic acid groups (broad SMARTS) is 1. The van der Waals surface area contributed by atoms with Gasteiger partial charge in [-0.3, -0.25) is 19.2 Å². The maximum atomic E-state index is 11.9. The second-order valence-corrected chi connectivity index (χ2v) is 5.18. The van der Waals surface area contributed by atoms with Gasteiger partial charge in [0.1, 0.15) is 6.54 Å². The van der Waals surface area contributed by atoms with Crippen molar-refractivity contribution in [2.24, 2.45) is 0 Å². The molecule has 4 N–H and O–H groups in total. The molecule has 24 heavy (non-hydrogen) atoms. The topological polar surface area (TPSA) is 125 Å². The van der Waals surface area contributed by atoms with Gasteiger partial charge in [0.15, 0.2) is 5.78 Å². The first-order valence-corrected chi connectivity index (χ1v) is 7.39. The first kappa shape index (κ1) is 19.2. The largest absolute Gasteiger partial charge is 0.480 e. The second-order valence-electron chi connectivity index (χ2n) is 4.69. The quantitative estimate of drug-likeness (QED) is 0.349. The molecule has 0 radical (unpaired) electrons. The molecule has 1 rings (SSSR count). The first-order chi connectivity index (χ1) is 11.4. The number of ketones is 1. The summed E-state index contributed by atoms with van der Waals surface area (Å²) in [7, 11) is 0. The van der Waals surface area contributed by atoms with E-state index in [4.69, 9.17) is 17.3 Å². The fourth-order valence-electron chi connectivity index (χ4n) is 1.59. The summed E-state index contributed by atoms with van der Waals surface area (Å²) in [4.78, 5) is 45.1. The molecule has 0 fully saturated rings. The highest BCUT2D eigenvalue weighted by molar-refractivity contribution is 7.80. The second kappa shape index (κ2) is 10.1. The Kier molecular flexibility index (Phi) is 8.06. The third-order valence-electron chi connectivity index (χ3n) is 2.75. The van der Waals surface area contributed by atoms with Crippen molar-refractivity contribution in [1.82, 2.24) is 16.0 Å². The normalized spacial score (nSPS) is 9.67. The molecule has 1 aromatic rings. The van der Waals surface area contributed by atoms with E-state index >= 15 is 0 Å². The standard InChI is InChI=1S/C15H17N3O5S/c19-11(10-4-2-1-3-5-10)6-14(24)18-8-13(21)16-7-12(20)17-9-15(22)23/h1-5H,6-9H2,(H,16,21)(H,17,20)(H,18,24)(H,22,23). The van der Waals surface area contributed by atoms with Crippen molar-refractivity contribution >= 4 is 40.8 Å². The van der Waals surface area contributed by atoms with Gasteiger partial charge in [0.2, 0.25) is 11.8 Å². The minimum Gasteiger partial charge on any atom is -0.480 e. The Balaban J connectivity index is 2.24. The SMILES string of the molecule is O=C(O)CNC(=O)CNC(=O)CNC(=S)CC(=O)c1ccccc1. The molecule has 8 nitrogen and oxygen atoms in total. The number of nitrogens with one attached hydrogen (secondary N) is 3. The van der Waals surface area contributed by atoms with E-state index < -0.39 is 24.3 Å². The molecule has 128 valence electrons. The summed E-state index contributed by atoms with van der Waals surface area (Å²) in [5.74, 6) is -2.46. The molecule has 0 saturated heterocycles. The fraction of sp³-hybridized carbons (Fsp3) is 0.267. The predicted octanol–water partition coefficient (Wildman–Crippen LogP) is -0.507. The van der Waals surface area contributed by atoms with E-state index in [1.807, 2.05) is 0 Å². The van der Waals surface area contributed by atoms with Gasteiger partial charge in [-0.2, -0.15) is 0 Å². The zero-order valence-corrected chi connectivity index (χ0v) is 13.5. The number of carboxylic acids is 1. The van der Waals surface area contributed by atoms with E-state index in [0.29, 0.717) is 5.56 Å². The average molecular weight is 351 g/mol. The van der Waals surface area contributed by atoms with Crippen LogP contribution in [0.4, 0.5) is 0 Å². The van der Waals surface area contributed by atoms with Crippen LogP contribution in [0.3, 0.4) is 0 Å². The van der Waals surface area contributed by atoms with E-state index in [-0.39, 0.29) is 30.3 Å². The summed E-state index contributed by atoms with van der Waals surface area (Å²) in [5.41, 5.74) is 0.529. The van der Waals surface area contributed by atoms with E-state index in [1.54, 1.807) is 30.3 Å². The number of amides is 2. The molecule has 0 aromatic heterocycles. The van der Waals surface area contributed by atoms with Gasteiger partial charge in [-0.25, -0.2) is 0 Å². The van der Waals surface area contributed by atoms with Gasteiger partial charge in [0, 0.05) is 5.56 Å². The van der Waals surface area contributed by atoms with Gasteiger partial charge in [0.05, 0.1) is 24.5 Å². The number of carbonyl (C=O) groups excluding carboxylic acids is 3. The van der Waals surface area contributed by atoms with Crippen molar-refractivity contribution in [3.05, 3.63) is 35.9 Å². The minimum absolute atomic E-state index is 0.0221. The Morgan fingerprint density at radius 3 is 2.00 bits per heavy atom. The summed E-state index contributed by atoms with van der Waals surface area (Å²) in [6, 6.07) is 8.63. The first-order valence-electron chi connectivity index (χ1n) is 6.98. The maximum absolute atomic E-state index is 11.9. The van der Waals surface area contributed by atoms with Crippen LogP contribution in [0.2, 0.25) is 0 Å². The van der Waals surface area contributed by atoms with Crippen LogP contribution in [0.5, 0.6) is 0 Å². The van der Waals surface area contributed by atoms with E-state index in [2.05, 4.69) is 16.0 Å². The maximum Gasteiger partial charge on any atom is 0.322 e. The molecule has 2 amide bonds. The number of rotatable bonds is 9. The molecular formula is C15H17N3O5S. The van der Waals surface area contributed by atoms with Crippen LogP contribution in [0.1, 0.15) is 16.8 Å². The molecule has 0 saturated carbocycles. The van der Waals surface area contributed by atoms with Crippen LogP contribution in [-0.2, 0) is 14.4 Å². The summed E-state index contributed by atoms with van der Waals surface area (Å²) in [5, 5.41) is 15.4. The Morgan fingerprint density at radius 1 is 0.875 bits per heavy atom. The van der Waals surface area contributed by atoms with Gasteiger partial charge in [-0.05, 0) is 0 Å². The molecule has 0 spiro atoms. The Hall–Kier alpha value is -2.81. The molecule has 0 unspecified atom stereocenters. The predicted molar refractivity (Wildman–Crippen MR) is 89.6 cm³/mol. The van der Waals surface area contributed by atoms with Crippen molar-refractivity contribution < 1.29 is 24.3 Å². The number of Topliss-reactive ketones (excluding diaryl/α,β-unsaturated/α-hetero) is 1. The molecule has 0 heterocycles. The molecule has 1 aromatic carbocycles. The third-order valence-corrected chi connectivity index (χ3v) is 3.03. The van der Waals surface area contributed by atoms with Crippen LogP contribution in [0, 0.1) is 0 Å². The zero-order valence-electron chi connectivity index (χ0n) is 12.7. The zero-order chi connectivity index (χ0) is 17.9. The van der Waals surface area contributed by atoms with Crippen LogP contribution in [-0.4, -0.2) is 53.3 Å². The van der Waals surface area contributed by atoms with E-state index in [9.17, 15) is 19.2 Å². The molecule has 9 heteroatoms. The lowest BCUT2D eigenvalue weighted by Gasteiger charge is -2.08. The number of hydrogen-bond donors (Lipinski definition) is 4. The van der Waals surface area contributed by atoms with Crippen LogP contribution < -0.4 is 16.0 Å². The summed E-state index contributed by atoms with van der Waals surface area (Å²) < 4.78 is 0. The molecular weight excluding hydrogens is 334 g/mol. The van der Waals surface area contributed by atoms with Gasteiger partial charge in [0.25, 0.3) is 0 Å². The smallest absolute Gasteiger partial charge is 0.322 e. The lowest BCUT2D eigenvalue weighted by atomic mass is 10.1. The average Bonchev–Trinajstić information content (AvgIpc) is 2.57. The Labute approximate surface area is 143 Å². The minimum atomic E-state index is -1.18. The van der Waals surface area contributed by atoms with E-state index in [1.165, 1.54) is 0 Å². The van der Waals surface area contributed by atoms with Crippen molar-refractivity contribution in [3.63, 3.8) is 0 Å². The Morgan fingerprint density at radius 2 is 1.42 bits per heavy atom. The Bertz CT molecular complexity index is 633. The molecule has 0 aliphatic heterocycles. The highest BCUT2D eigenvalue weighted by atomic mass is 32.1. The van der Waals surface area contributed by atoms with Crippen molar-refractivity contribution in [2.75, 3.05) is 19.6 Å². The third kappa shape index (κ3) is 7.99. The summed E-state index contributed by atoms with van der Waals surface area (Å²) >= 11 is 5.00. The lowest BCUT2D eigenvalue weighted by Crippen LogP contribution is -2.42. The molecule has 0 atom stereocenters. The van der Waals surface area contributed by atoms with E-state index in [0.717, 1.165) is 0 Å². The monoisotopic (exact) mass is 351 g/mol. The highest BCUT2D eigenvalue weighted by Crippen LogP contribution is 2.03. The summed E-state index contributed by atoms with van der Waals surface area (Å²) in [6.45, 7) is -1.05. The van der Waals surface area contributed by atoms with Gasteiger partial charge >= 0.3 is 5.97 Å². The lowest BCUT2D eigenvalue weighted by molar-refractivity contribution is -0.137. The number of aliphatic carboxylic acids is 1. The number of carbonyl (C=O) groups is 4. The van der Waals surface area contributed by atoms with Crippen LogP contribution in [0.25, 0.3) is 0 Å². The van der Waals surface area contributed by atoms with Gasteiger partial charge < -0.3 is 21.1 Å². The fourth-order valence-corrected chi connectivity index (χ4v) is 1.79. The van der Waals surface area contributed by atoms with Crippen molar-refractivity contribution in [1.29, 1.82) is 0 Å². The van der Waals surface area contributed by atoms with Crippen molar-refractivity contribution in [3.8, 4) is 0 Å². The van der Waals surface area contributed by atoms with Crippen molar-refractivity contribution in [2.45, 2.75) is 6.42 Å². The number of benzene rings is 1. The molecule has 0 aliphatic rings. The van der Waals surface area contributed by atoms with Gasteiger partial charge in [-0.15, -0.1) is 0 Å². The van der Waals surface area contributed by atoms with Crippen LogP contribution in [0.15, 0.2) is 30.3 Å². The molecule has 0 aliphatic carbocycles.